The third-order valence-corrected chi connectivity index (χ3v) is 5.65. The predicted molar refractivity (Wildman–Crippen MR) is 82.1 cm³/mol. The van der Waals surface area contributed by atoms with Crippen LogP contribution in [0, 0.1) is 5.92 Å². The van der Waals surface area contributed by atoms with Gasteiger partial charge in [0.15, 0.2) is 0 Å². The third kappa shape index (κ3) is 3.15. The zero-order valence-corrected chi connectivity index (χ0v) is 13.3. The van der Waals surface area contributed by atoms with Crippen LogP contribution in [0.4, 0.5) is 5.69 Å². The number of hydrogen-bond acceptors (Lipinski definition) is 3. The van der Waals surface area contributed by atoms with Gasteiger partial charge in [-0.15, -0.1) is 0 Å². The number of nitrogens with one attached hydrogen (secondary N) is 1. The lowest BCUT2D eigenvalue weighted by atomic mass is 10.1. The first-order valence-electron chi connectivity index (χ1n) is 7.32. The molecule has 1 aliphatic carbocycles. The zero-order valence-electron chi connectivity index (χ0n) is 12.4. The molecule has 1 aromatic carbocycles. The van der Waals surface area contributed by atoms with Gasteiger partial charge >= 0.3 is 0 Å². The SMILES string of the molecule is CCc1cc(N)c(CC)c(S(=O)(=O)NC(C)C2CC2)c1. The van der Waals surface area contributed by atoms with Crippen molar-refractivity contribution in [2.75, 3.05) is 5.73 Å². The van der Waals surface area contributed by atoms with Gasteiger partial charge in [0.2, 0.25) is 10.0 Å². The number of hydrogen-bond donors (Lipinski definition) is 2. The number of aryl methyl sites for hydroxylation is 1. The molecule has 1 aliphatic rings. The smallest absolute Gasteiger partial charge is 0.241 e. The second-order valence-corrected chi connectivity index (χ2v) is 7.30. The normalized spacial score (nSPS) is 17.1. The van der Waals surface area contributed by atoms with Crippen molar-refractivity contribution in [1.82, 2.24) is 4.72 Å². The Kier molecular flexibility index (Phi) is 4.39. The first-order chi connectivity index (χ1) is 9.39. The highest BCUT2D eigenvalue weighted by Crippen LogP contribution is 2.33. The van der Waals surface area contributed by atoms with Crippen LogP contribution in [0.5, 0.6) is 0 Å². The molecular weight excluding hydrogens is 272 g/mol. The molecule has 5 heteroatoms. The van der Waals surface area contributed by atoms with E-state index in [0.717, 1.165) is 30.4 Å². The van der Waals surface area contributed by atoms with Crippen molar-refractivity contribution in [1.29, 1.82) is 0 Å². The summed E-state index contributed by atoms with van der Waals surface area (Å²) in [4.78, 5) is 0.351. The van der Waals surface area contributed by atoms with Crippen molar-refractivity contribution < 1.29 is 8.42 Å². The Morgan fingerprint density at radius 1 is 1.30 bits per heavy atom. The van der Waals surface area contributed by atoms with Gasteiger partial charge in [-0.2, -0.15) is 0 Å². The molecule has 0 radical (unpaired) electrons. The number of nitrogen functional groups attached to an aromatic ring is 1. The van der Waals surface area contributed by atoms with E-state index in [-0.39, 0.29) is 6.04 Å². The first kappa shape index (κ1) is 15.3. The summed E-state index contributed by atoms with van der Waals surface area (Å²) in [5.41, 5.74) is 8.27. The Bertz CT molecular complexity index is 592. The number of sulfonamides is 1. The highest BCUT2D eigenvalue weighted by atomic mass is 32.2. The summed E-state index contributed by atoms with van der Waals surface area (Å²) in [5.74, 6) is 0.488. The molecule has 2 rings (SSSR count). The number of nitrogens with two attached hydrogens (primary N) is 1. The maximum absolute atomic E-state index is 12.6. The monoisotopic (exact) mass is 296 g/mol. The van der Waals surface area contributed by atoms with E-state index in [9.17, 15) is 8.42 Å². The van der Waals surface area contributed by atoms with Crippen molar-refractivity contribution in [2.24, 2.45) is 5.92 Å². The fraction of sp³-hybridized carbons (Fsp3) is 0.600. The van der Waals surface area contributed by atoms with Gasteiger partial charge in [0, 0.05) is 11.7 Å². The molecule has 0 heterocycles. The molecule has 0 bridgehead atoms. The molecule has 0 aromatic heterocycles. The summed E-state index contributed by atoms with van der Waals surface area (Å²) in [6.07, 6.45) is 3.61. The highest BCUT2D eigenvalue weighted by Gasteiger charge is 2.32. The summed E-state index contributed by atoms with van der Waals surface area (Å²) >= 11 is 0. The van der Waals surface area contributed by atoms with Crippen LogP contribution in [0.25, 0.3) is 0 Å². The van der Waals surface area contributed by atoms with Gasteiger partial charge in [-0.25, -0.2) is 13.1 Å². The lowest BCUT2D eigenvalue weighted by Gasteiger charge is -2.17. The Morgan fingerprint density at radius 3 is 2.45 bits per heavy atom. The Balaban J connectivity index is 2.40. The Morgan fingerprint density at radius 2 is 1.95 bits per heavy atom. The van der Waals surface area contributed by atoms with E-state index in [0.29, 0.717) is 22.9 Å². The Labute approximate surface area is 121 Å². The standard InChI is InChI=1S/C15H24N2O2S/c1-4-11-8-14(16)13(5-2)15(9-11)20(18,19)17-10(3)12-6-7-12/h8-10,12,17H,4-7,16H2,1-3H3. The summed E-state index contributed by atoms with van der Waals surface area (Å²) in [7, 11) is -3.49. The van der Waals surface area contributed by atoms with Crippen LogP contribution in [0.2, 0.25) is 0 Å². The number of anilines is 1. The van der Waals surface area contributed by atoms with Gasteiger partial charge in [-0.05, 0) is 61.8 Å². The van der Waals surface area contributed by atoms with E-state index < -0.39 is 10.0 Å². The van der Waals surface area contributed by atoms with Crippen molar-refractivity contribution >= 4 is 15.7 Å². The number of benzene rings is 1. The molecular formula is C15H24N2O2S. The lowest BCUT2D eigenvalue weighted by Crippen LogP contribution is -2.34. The molecule has 0 saturated heterocycles. The van der Waals surface area contributed by atoms with Crippen LogP contribution in [0.3, 0.4) is 0 Å². The molecule has 1 fully saturated rings. The molecule has 1 saturated carbocycles. The molecule has 1 aromatic rings. The summed E-state index contributed by atoms with van der Waals surface area (Å²) in [5, 5.41) is 0. The molecule has 112 valence electrons. The second-order valence-electron chi connectivity index (χ2n) is 5.62. The summed E-state index contributed by atoms with van der Waals surface area (Å²) in [6.45, 7) is 5.87. The van der Waals surface area contributed by atoms with E-state index in [1.165, 1.54) is 0 Å². The van der Waals surface area contributed by atoms with Crippen LogP contribution < -0.4 is 10.5 Å². The van der Waals surface area contributed by atoms with Crippen molar-refractivity contribution in [3.05, 3.63) is 23.3 Å². The predicted octanol–water partition coefficient (Wildman–Crippen LogP) is 2.47. The maximum atomic E-state index is 12.6. The van der Waals surface area contributed by atoms with Crippen LogP contribution >= 0.6 is 0 Å². The van der Waals surface area contributed by atoms with Crippen molar-refractivity contribution in [2.45, 2.75) is 57.4 Å². The summed E-state index contributed by atoms with van der Waals surface area (Å²) in [6, 6.07) is 3.63. The molecule has 3 N–H and O–H groups in total. The molecule has 1 unspecified atom stereocenters. The molecule has 1 atom stereocenters. The molecule has 20 heavy (non-hydrogen) atoms. The maximum Gasteiger partial charge on any atom is 0.241 e. The molecule has 4 nitrogen and oxygen atoms in total. The van der Waals surface area contributed by atoms with Crippen LogP contribution in [0.15, 0.2) is 17.0 Å². The van der Waals surface area contributed by atoms with Gasteiger partial charge in [0.05, 0.1) is 4.90 Å². The zero-order chi connectivity index (χ0) is 14.9. The first-order valence-corrected chi connectivity index (χ1v) is 8.81. The third-order valence-electron chi connectivity index (χ3n) is 4.02. The Hall–Kier alpha value is -1.07. The minimum Gasteiger partial charge on any atom is -0.398 e. The molecule has 0 amide bonds. The van der Waals surface area contributed by atoms with E-state index >= 15 is 0 Å². The van der Waals surface area contributed by atoms with Gasteiger partial charge in [0.1, 0.15) is 0 Å². The van der Waals surface area contributed by atoms with Crippen LogP contribution in [-0.4, -0.2) is 14.5 Å². The molecule has 0 spiro atoms. The number of rotatable bonds is 6. The van der Waals surface area contributed by atoms with Crippen LogP contribution in [-0.2, 0) is 22.9 Å². The van der Waals surface area contributed by atoms with Gasteiger partial charge in [-0.1, -0.05) is 13.8 Å². The molecule has 0 aliphatic heterocycles. The van der Waals surface area contributed by atoms with E-state index in [1.807, 2.05) is 26.8 Å². The van der Waals surface area contributed by atoms with E-state index in [4.69, 9.17) is 5.73 Å². The summed E-state index contributed by atoms with van der Waals surface area (Å²) < 4.78 is 28.0. The average molecular weight is 296 g/mol. The van der Waals surface area contributed by atoms with Gasteiger partial charge in [0.25, 0.3) is 0 Å². The van der Waals surface area contributed by atoms with Crippen molar-refractivity contribution in [3.8, 4) is 0 Å². The average Bonchev–Trinajstić information content (AvgIpc) is 3.21. The fourth-order valence-electron chi connectivity index (χ4n) is 2.55. The van der Waals surface area contributed by atoms with Crippen molar-refractivity contribution in [3.63, 3.8) is 0 Å². The van der Waals surface area contributed by atoms with Crippen LogP contribution in [0.1, 0.15) is 44.7 Å². The highest BCUT2D eigenvalue weighted by molar-refractivity contribution is 7.89. The topological polar surface area (TPSA) is 72.2 Å². The minimum atomic E-state index is -3.49. The quantitative estimate of drug-likeness (QED) is 0.792. The van der Waals surface area contributed by atoms with E-state index in [2.05, 4.69) is 4.72 Å². The largest absolute Gasteiger partial charge is 0.398 e. The minimum absolute atomic E-state index is 0.00351. The van der Waals surface area contributed by atoms with E-state index in [1.54, 1.807) is 6.07 Å². The van der Waals surface area contributed by atoms with Gasteiger partial charge < -0.3 is 5.73 Å². The lowest BCUT2D eigenvalue weighted by molar-refractivity contribution is 0.537. The van der Waals surface area contributed by atoms with Gasteiger partial charge in [-0.3, -0.25) is 0 Å². The second kappa shape index (κ2) is 5.74. The fourth-order valence-corrected chi connectivity index (χ4v) is 4.25.